The van der Waals surface area contributed by atoms with Crippen LogP contribution in [0.2, 0.25) is 0 Å². The number of unbranched alkanes of at least 4 members (excludes halogenated alkanes) is 2. The molecule has 0 radical (unpaired) electrons. The third-order valence-corrected chi connectivity index (χ3v) is 5.26. The molecule has 1 saturated heterocycles. The number of hydrogen-bond donors (Lipinski definition) is 0. The summed E-state index contributed by atoms with van der Waals surface area (Å²) < 4.78 is 0. The highest BCUT2D eigenvalue weighted by Gasteiger charge is 2.45. The van der Waals surface area contributed by atoms with Crippen LogP contribution in [0.5, 0.6) is 0 Å². The molecule has 0 atom stereocenters. The minimum atomic E-state index is -0.00982. The maximum absolute atomic E-state index is 12.7. The SMILES string of the molecule is CCCCN(CCCC)N1C(=O)CC2(CCCCC2)CC1=O. The molecule has 1 spiro atoms. The third kappa shape index (κ3) is 4.09. The fourth-order valence-electron chi connectivity index (χ4n) is 3.96. The molecule has 1 aliphatic heterocycles. The Bertz CT molecular complexity index is 361. The topological polar surface area (TPSA) is 40.6 Å². The smallest absolute Gasteiger partial charge is 0.244 e. The minimum absolute atomic E-state index is 0.00982. The highest BCUT2D eigenvalue weighted by atomic mass is 16.2. The lowest BCUT2D eigenvalue weighted by molar-refractivity contribution is -0.175. The maximum atomic E-state index is 12.7. The van der Waals surface area contributed by atoms with Crippen molar-refractivity contribution in [2.75, 3.05) is 13.1 Å². The molecule has 4 heteroatoms. The monoisotopic (exact) mass is 308 g/mol. The van der Waals surface area contributed by atoms with E-state index in [0.717, 1.165) is 51.6 Å². The van der Waals surface area contributed by atoms with Gasteiger partial charge in [-0.2, -0.15) is 0 Å². The first-order valence-corrected chi connectivity index (χ1v) is 9.22. The summed E-state index contributed by atoms with van der Waals surface area (Å²) in [7, 11) is 0. The first kappa shape index (κ1) is 17.5. The Morgan fingerprint density at radius 1 is 0.909 bits per heavy atom. The van der Waals surface area contributed by atoms with E-state index in [1.165, 1.54) is 24.3 Å². The van der Waals surface area contributed by atoms with Crippen molar-refractivity contribution in [3.8, 4) is 0 Å². The summed E-state index contributed by atoms with van der Waals surface area (Å²) in [6.07, 6.45) is 11.1. The normalized spacial score (nSPS) is 21.9. The Balaban J connectivity index is 2.05. The van der Waals surface area contributed by atoms with Crippen molar-refractivity contribution < 1.29 is 9.59 Å². The summed E-state index contributed by atoms with van der Waals surface area (Å²) in [5, 5.41) is 3.53. The molecule has 22 heavy (non-hydrogen) atoms. The van der Waals surface area contributed by atoms with Crippen LogP contribution in [0, 0.1) is 5.41 Å². The van der Waals surface area contributed by atoms with Crippen molar-refractivity contribution in [1.29, 1.82) is 0 Å². The molecule has 2 rings (SSSR count). The van der Waals surface area contributed by atoms with E-state index in [4.69, 9.17) is 0 Å². The van der Waals surface area contributed by atoms with Crippen LogP contribution in [0.1, 0.15) is 84.5 Å². The Morgan fingerprint density at radius 2 is 1.41 bits per heavy atom. The van der Waals surface area contributed by atoms with Gasteiger partial charge < -0.3 is 0 Å². The van der Waals surface area contributed by atoms with Gasteiger partial charge in [0.15, 0.2) is 0 Å². The summed E-state index contributed by atoms with van der Waals surface area (Å²) in [6.45, 7) is 5.94. The van der Waals surface area contributed by atoms with Crippen LogP contribution in [0.3, 0.4) is 0 Å². The summed E-state index contributed by atoms with van der Waals surface area (Å²) in [4.78, 5) is 25.4. The maximum Gasteiger partial charge on any atom is 0.244 e. The van der Waals surface area contributed by atoms with Crippen LogP contribution < -0.4 is 0 Å². The number of carbonyl (C=O) groups is 2. The zero-order valence-corrected chi connectivity index (χ0v) is 14.4. The standard InChI is InChI=1S/C18H32N2O2/c1-3-5-12-19(13-6-4-2)20-16(21)14-18(15-17(20)22)10-8-7-9-11-18/h3-15H2,1-2H3. The van der Waals surface area contributed by atoms with Gasteiger partial charge in [-0.05, 0) is 31.1 Å². The molecule has 126 valence electrons. The number of rotatable bonds is 7. The van der Waals surface area contributed by atoms with Gasteiger partial charge in [-0.3, -0.25) is 9.59 Å². The van der Waals surface area contributed by atoms with Crippen molar-refractivity contribution in [3.05, 3.63) is 0 Å². The summed E-state index contributed by atoms with van der Waals surface area (Å²) in [5.41, 5.74) is -0.00982. The summed E-state index contributed by atoms with van der Waals surface area (Å²) in [5.74, 6) is 0.0933. The van der Waals surface area contributed by atoms with Crippen molar-refractivity contribution in [3.63, 3.8) is 0 Å². The third-order valence-electron chi connectivity index (χ3n) is 5.26. The Kier molecular flexibility index (Phi) is 6.42. The van der Waals surface area contributed by atoms with Gasteiger partial charge >= 0.3 is 0 Å². The second-order valence-electron chi connectivity index (χ2n) is 7.17. The molecule has 0 unspecified atom stereocenters. The first-order valence-electron chi connectivity index (χ1n) is 9.22. The molecule has 0 aromatic heterocycles. The fourth-order valence-corrected chi connectivity index (χ4v) is 3.96. The van der Waals surface area contributed by atoms with Gasteiger partial charge in [0.25, 0.3) is 0 Å². The second kappa shape index (κ2) is 8.09. The molecule has 0 bridgehead atoms. The van der Waals surface area contributed by atoms with Crippen LogP contribution in [0.4, 0.5) is 0 Å². The number of piperidine rings is 1. The molecule has 2 amide bonds. The van der Waals surface area contributed by atoms with Crippen molar-refractivity contribution in [1.82, 2.24) is 10.0 Å². The Morgan fingerprint density at radius 3 is 1.86 bits per heavy atom. The fraction of sp³-hybridized carbons (Fsp3) is 0.889. The predicted molar refractivity (Wildman–Crippen MR) is 88.0 cm³/mol. The van der Waals surface area contributed by atoms with Crippen LogP contribution in [-0.4, -0.2) is 34.9 Å². The molecule has 1 saturated carbocycles. The molecule has 1 aliphatic carbocycles. The van der Waals surface area contributed by atoms with E-state index >= 15 is 0 Å². The molecule has 0 N–H and O–H groups in total. The van der Waals surface area contributed by atoms with Gasteiger partial charge in [0.05, 0.1) is 0 Å². The minimum Gasteiger partial charge on any atom is -0.273 e. The lowest BCUT2D eigenvalue weighted by Gasteiger charge is -2.45. The van der Waals surface area contributed by atoms with E-state index in [1.807, 2.05) is 5.01 Å². The largest absolute Gasteiger partial charge is 0.273 e. The van der Waals surface area contributed by atoms with Gasteiger partial charge in [-0.15, -0.1) is 0 Å². The second-order valence-corrected chi connectivity index (χ2v) is 7.17. The highest BCUT2D eigenvalue weighted by molar-refractivity contribution is 5.98. The van der Waals surface area contributed by atoms with Gasteiger partial charge in [0.2, 0.25) is 11.8 Å². The lowest BCUT2D eigenvalue weighted by Crippen LogP contribution is -2.56. The number of hydrazine groups is 1. The first-order chi connectivity index (χ1) is 10.6. The van der Waals surface area contributed by atoms with E-state index < -0.39 is 0 Å². The Labute approximate surface area is 135 Å². The Hall–Kier alpha value is -0.900. The number of imide groups is 1. The molecular weight excluding hydrogens is 276 g/mol. The van der Waals surface area contributed by atoms with Gasteiger partial charge in [0, 0.05) is 25.9 Å². The summed E-state index contributed by atoms with van der Waals surface area (Å²) in [6, 6.07) is 0. The molecule has 2 aliphatic rings. The van der Waals surface area contributed by atoms with Crippen LogP contribution in [0.25, 0.3) is 0 Å². The molecular formula is C18H32N2O2. The van der Waals surface area contributed by atoms with Gasteiger partial charge in [0.1, 0.15) is 0 Å². The molecule has 0 aromatic rings. The van der Waals surface area contributed by atoms with E-state index in [2.05, 4.69) is 13.8 Å². The zero-order valence-electron chi connectivity index (χ0n) is 14.4. The van der Waals surface area contributed by atoms with Gasteiger partial charge in [-0.25, -0.2) is 10.0 Å². The average molecular weight is 308 g/mol. The molecule has 4 nitrogen and oxygen atoms in total. The van der Waals surface area contributed by atoms with Gasteiger partial charge in [-0.1, -0.05) is 46.0 Å². The molecule has 0 aromatic carbocycles. The number of nitrogens with zero attached hydrogens (tertiary/aromatic N) is 2. The van der Waals surface area contributed by atoms with Crippen molar-refractivity contribution in [2.45, 2.75) is 84.5 Å². The van der Waals surface area contributed by atoms with E-state index in [1.54, 1.807) is 0 Å². The predicted octanol–water partition coefficient (Wildman–Crippen LogP) is 3.90. The van der Waals surface area contributed by atoms with Crippen molar-refractivity contribution in [2.24, 2.45) is 5.41 Å². The van der Waals surface area contributed by atoms with Crippen LogP contribution >= 0.6 is 0 Å². The lowest BCUT2D eigenvalue weighted by atomic mass is 9.68. The van der Waals surface area contributed by atoms with E-state index in [0.29, 0.717) is 12.8 Å². The number of carbonyl (C=O) groups excluding carboxylic acids is 2. The molecule has 2 fully saturated rings. The van der Waals surface area contributed by atoms with E-state index in [9.17, 15) is 9.59 Å². The highest BCUT2D eigenvalue weighted by Crippen LogP contribution is 2.45. The number of amides is 2. The molecule has 1 heterocycles. The van der Waals surface area contributed by atoms with Crippen LogP contribution in [-0.2, 0) is 9.59 Å². The average Bonchev–Trinajstić information content (AvgIpc) is 2.49. The summed E-state index contributed by atoms with van der Waals surface area (Å²) >= 11 is 0. The zero-order chi connectivity index (χ0) is 16.0. The van der Waals surface area contributed by atoms with Crippen LogP contribution in [0.15, 0.2) is 0 Å². The number of hydrogen-bond acceptors (Lipinski definition) is 3. The van der Waals surface area contributed by atoms with E-state index in [-0.39, 0.29) is 17.2 Å². The quantitative estimate of drug-likeness (QED) is 0.670. The van der Waals surface area contributed by atoms with Crippen molar-refractivity contribution >= 4 is 11.8 Å².